The lowest BCUT2D eigenvalue weighted by Gasteiger charge is -2.28. The number of anilines is 3. The van der Waals surface area contributed by atoms with E-state index >= 15 is 0 Å². The summed E-state index contributed by atoms with van der Waals surface area (Å²) in [6.07, 6.45) is 5.88. The number of aromatic nitrogens is 2. The van der Waals surface area contributed by atoms with Gasteiger partial charge in [-0.2, -0.15) is 0 Å². The zero-order valence-corrected chi connectivity index (χ0v) is 42.6. The van der Waals surface area contributed by atoms with E-state index in [1.165, 1.54) is 89.9 Å². The molecule has 4 heteroatoms. The molecule has 1 aliphatic carbocycles. The van der Waals surface area contributed by atoms with Crippen LogP contribution in [0, 0.1) is 12.8 Å². The van der Waals surface area contributed by atoms with E-state index in [1.54, 1.807) is 5.56 Å². The van der Waals surface area contributed by atoms with E-state index in [9.17, 15) is 0 Å². The number of rotatable bonds is 6. The summed E-state index contributed by atoms with van der Waals surface area (Å²) in [6, 6.07) is 41.7. The molecule has 0 bridgehead atoms. The zero-order chi connectivity index (χ0) is 47.5. The van der Waals surface area contributed by atoms with E-state index in [4.69, 9.17) is 4.42 Å². The fourth-order valence-corrected chi connectivity index (χ4v) is 12.3. The van der Waals surface area contributed by atoms with Crippen molar-refractivity contribution in [1.29, 1.82) is 0 Å². The second-order valence-electron chi connectivity index (χ2n) is 24.1. The van der Waals surface area contributed by atoms with Crippen molar-refractivity contribution in [2.45, 2.75) is 137 Å². The lowest BCUT2D eigenvalue weighted by Crippen LogP contribution is -2.15. The van der Waals surface area contributed by atoms with Crippen LogP contribution in [0.5, 0.6) is 0 Å². The van der Waals surface area contributed by atoms with Crippen LogP contribution in [0.1, 0.15) is 157 Å². The van der Waals surface area contributed by atoms with Crippen molar-refractivity contribution in [3.63, 3.8) is 0 Å². The number of para-hydroxylation sites is 2. The maximum Gasteiger partial charge on any atom is 0.159 e. The second-order valence-corrected chi connectivity index (χ2v) is 24.1. The monoisotopic (exact) mass is 894 g/mol. The van der Waals surface area contributed by atoms with Crippen molar-refractivity contribution >= 4 is 72.6 Å². The first-order valence-electron chi connectivity index (χ1n) is 25.4. The fourth-order valence-electron chi connectivity index (χ4n) is 12.3. The predicted octanol–water partition coefficient (Wildman–Crippen LogP) is 17.9. The third-order valence-electron chi connectivity index (χ3n) is 16.0. The van der Waals surface area contributed by atoms with Gasteiger partial charge in [0, 0.05) is 85.1 Å². The van der Waals surface area contributed by atoms with Gasteiger partial charge in [0.15, 0.2) is 5.58 Å². The first kappa shape index (κ1) is 43.0. The van der Waals surface area contributed by atoms with Crippen LogP contribution in [0.2, 0.25) is 0 Å². The molecule has 68 heavy (non-hydrogen) atoms. The summed E-state index contributed by atoms with van der Waals surface area (Å²) in [7, 11) is 0. The molecule has 0 unspecified atom stereocenters. The van der Waals surface area contributed by atoms with Gasteiger partial charge in [-0.05, 0) is 118 Å². The number of furan rings is 1. The maximum atomic E-state index is 7.15. The molecule has 0 spiro atoms. The molecule has 3 aliphatic rings. The van der Waals surface area contributed by atoms with Crippen molar-refractivity contribution in [3.8, 4) is 5.69 Å². The van der Waals surface area contributed by atoms with Crippen molar-refractivity contribution in [3.05, 3.63) is 165 Å². The van der Waals surface area contributed by atoms with Gasteiger partial charge in [0.05, 0.1) is 16.7 Å². The normalized spacial score (nSPS) is 16.6. The molecule has 2 atom stereocenters. The first-order chi connectivity index (χ1) is 32.3. The number of allylic oxidation sites excluding steroid dienone is 1. The Morgan fingerprint density at radius 2 is 1.38 bits per heavy atom. The molecule has 12 rings (SSSR count). The third-order valence-corrected chi connectivity index (χ3v) is 16.0. The Morgan fingerprint density at radius 1 is 0.662 bits per heavy atom. The molecular weight excluding hydrogens is 827 g/mol. The molecule has 0 saturated carbocycles. The summed E-state index contributed by atoms with van der Waals surface area (Å²) in [5, 5.41) is 4.97. The lowest BCUT2D eigenvalue weighted by atomic mass is 9.80. The van der Waals surface area contributed by atoms with Gasteiger partial charge < -0.3 is 18.5 Å². The molecule has 0 fully saturated rings. The molecule has 6 aromatic carbocycles. The Balaban J connectivity index is 1.11. The number of hydrogen-bond donors (Lipinski definition) is 0. The minimum absolute atomic E-state index is 0.00937. The molecular formula is C64H67N3O. The Hall–Kier alpha value is -6.26. The average molecular weight is 894 g/mol. The van der Waals surface area contributed by atoms with Crippen LogP contribution in [0.15, 0.2) is 114 Å². The lowest BCUT2D eigenvalue weighted by molar-refractivity contribution is 0.573. The highest BCUT2D eigenvalue weighted by Gasteiger charge is 2.42. The summed E-state index contributed by atoms with van der Waals surface area (Å²) in [6.45, 7) is 30.4. The fraction of sp³-hybridized carbons (Fsp3) is 0.344. The number of fused-ring (bicyclic) bond motifs is 14. The van der Waals surface area contributed by atoms with Crippen LogP contribution in [-0.4, -0.2) is 9.13 Å². The second kappa shape index (κ2) is 14.6. The van der Waals surface area contributed by atoms with Crippen molar-refractivity contribution in [2.24, 2.45) is 5.92 Å². The van der Waals surface area contributed by atoms with Crippen LogP contribution in [0.4, 0.5) is 17.1 Å². The van der Waals surface area contributed by atoms with E-state index in [1.807, 2.05) is 0 Å². The first-order valence-corrected chi connectivity index (χ1v) is 25.4. The van der Waals surface area contributed by atoms with Crippen LogP contribution in [0.3, 0.4) is 0 Å². The molecule has 0 amide bonds. The minimum Gasteiger partial charge on any atom is -0.454 e. The topological polar surface area (TPSA) is 26.2 Å². The van der Waals surface area contributed by atoms with Crippen LogP contribution in [0.25, 0.3) is 61.2 Å². The molecule has 0 N–H and O–H groups in total. The standard InChI is InChI=1S/C64H67N3O/c1-36(2)22-26-44-48-34-56-49(35-55(48)66-53-29-24-39(62(5,6)7)30-47(53)38(4)58(44)66)51-32-40(63(8,9)10)31-50-43-28-25-42(33-54(43)67(56)59(50)51)65(41-18-15-14-16-19-41)57-37(3)23-27-46-45-20-17-21-52(64(11,12)13)60(45)68-61(46)57/h14-21,23-25,27-34,36,38,49H,22,26,35H2,1-13H3/t38-,49+/m1/s1. The SMILES string of the molecule is Cc1ccc2c(oc3c(C(C)(C)C)cccc32)c1N(c1ccccc1)c1ccc2c3cc(C(C)(C)C)cc4c3n(c2c1)C1=Cc2c(CCC(C)C)c3n(c2C[C@H]14)-c1ccc(C(C)(C)C)cc1[C@H]3C. The van der Waals surface area contributed by atoms with E-state index < -0.39 is 0 Å². The Bertz CT molecular complexity index is 3600. The smallest absolute Gasteiger partial charge is 0.159 e. The average Bonchev–Trinajstić information content (AvgIpc) is 4.07. The number of hydrogen-bond acceptors (Lipinski definition) is 2. The maximum absolute atomic E-state index is 7.15. The quantitative estimate of drug-likeness (QED) is 0.166. The van der Waals surface area contributed by atoms with Gasteiger partial charge in [-0.3, -0.25) is 0 Å². The van der Waals surface area contributed by atoms with E-state index in [2.05, 4.69) is 219 Å². The van der Waals surface area contributed by atoms with Crippen LogP contribution < -0.4 is 4.90 Å². The van der Waals surface area contributed by atoms with Gasteiger partial charge in [-0.1, -0.05) is 156 Å². The number of aryl methyl sites for hydroxylation is 1. The van der Waals surface area contributed by atoms with Crippen molar-refractivity contribution < 1.29 is 4.42 Å². The predicted molar refractivity (Wildman–Crippen MR) is 289 cm³/mol. The van der Waals surface area contributed by atoms with Gasteiger partial charge in [0.25, 0.3) is 0 Å². The highest BCUT2D eigenvalue weighted by molar-refractivity contribution is 6.17. The van der Waals surface area contributed by atoms with Gasteiger partial charge in [-0.15, -0.1) is 0 Å². The molecule has 0 saturated heterocycles. The van der Waals surface area contributed by atoms with E-state index in [0.29, 0.717) is 11.8 Å². The molecule has 3 aromatic heterocycles. The van der Waals surface area contributed by atoms with Gasteiger partial charge >= 0.3 is 0 Å². The third kappa shape index (κ3) is 6.24. The molecule has 344 valence electrons. The van der Waals surface area contributed by atoms with Crippen LogP contribution >= 0.6 is 0 Å². The number of benzene rings is 6. The molecule has 2 aliphatic heterocycles. The van der Waals surface area contributed by atoms with Crippen LogP contribution in [-0.2, 0) is 29.1 Å². The molecule has 4 nitrogen and oxygen atoms in total. The number of nitrogens with zero attached hydrogens (tertiary/aromatic N) is 3. The van der Waals surface area contributed by atoms with E-state index in [-0.39, 0.29) is 22.2 Å². The summed E-state index contributed by atoms with van der Waals surface area (Å²) < 4.78 is 12.6. The highest BCUT2D eigenvalue weighted by atomic mass is 16.3. The van der Waals surface area contributed by atoms with Gasteiger partial charge in [0.2, 0.25) is 0 Å². The zero-order valence-electron chi connectivity index (χ0n) is 42.6. The highest BCUT2D eigenvalue weighted by Crippen LogP contribution is 2.56. The summed E-state index contributed by atoms with van der Waals surface area (Å²) in [5.41, 5.74) is 24.8. The van der Waals surface area contributed by atoms with Gasteiger partial charge in [-0.25, -0.2) is 0 Å². The summed E-state index contributed by atoms with van der Waals surface area (Å²) in [5.74, 6) is 1.20. The summed E-state index contributed by atoms with van der Waals surface area (Å²) in [4.78, 5) is 2.45. The largest absolute Gasteiger partial charge is 0.454 e. The molecule has 9 aromatic rings. The molecule has 0 radical (unpaired) electrons. The van der Waals surface area contributed by atoms with Crippen molar-refractivity contribution in [1.82, 2.24) is 9.13 Å². The Kier molecular flexibility index (Phi) is 9.26. The molecule has 5 heterocycles. The van der Waals surface area contributed by atoms with Gasteiger partial charge in [0.1, 0.15) is 5.58 Å². The minimum atomic E-state index is -0.0696. The Labute approximate surface area is 403 Å². The Morgan fingerprint density at radius 3 is 2.10 bits per heavy atom. The summed E-state index contributed by atoms with van der Waals surface area (Å²) >= 11 is 0. The van der Waals surface area contributed by atoms with E-state index in [0.717, 1.165) is 51.8 Å². The van der Waals surface area contributed by atoms with Crippen molar-refractivity contribution in [2.75, 3.05) is 4.90 Å².